The minimum absolute atomic E-state index is 0.607. The molecule has 1 unspecified atom stereocenters. The summed E-state index contributed by atoms with van der Waals surface area (Å²) in [7, 11) is 0. The zero-order valence-corrected chi connectivity index (χ0v) is 11.2. The molecule has 3 nitrogen and oxygen atoms in total. The first kappa shape index (κ1) is 12.0. The van der Waals surface area contributed by atoms with Gasteiger partial charge in [-0.1, -0.05) is 25.1 Å². The van der Waals surface area contributed by atoms with Crippen molar-refractivity contribution in [2.45, 2.75) is 19.4 Å². The Balaban J connectivity index is 1.51. The summed E-state index contributed by atoms with van der Waals surface area (Å²) in [5, 5.41) is 3.65. The zero-order valence-electron chi connectivity index (χ0n) is 11.2. The fourth-order valence-electron chi connectivity index (χ4n) is 3.09. The lowest BCUT2D eigenvalue weighted by atomic mass is 10.1. The van der Waals surface area contributed by atoms with E-state index in [2.05, 4.69) is 46.3 Å². The van der Waals surface area contributed by atoms with Gasteiger partial charge in [0.15, 0.2) is 0 Å². The van der Waals surface area contributed by atoms with Crippen molar-refractivity contribution in [3.8, 4) is 0 Å². The summed E-state index contributed by atoms with van der Waals surface area (Å²) in [5.41, 5.74) is 2.82. The highest BCUT2D eigenvalue weighted by Gasteiger charge is 2.24. The van der Waals surface area contributed by atoms with Crippen molar-refractivity contribution < 1.29 is 0 Å². The van der Waals surface area contributed by atoms with Crippen LogP contribution in [0.25, 0.3) is 0 Å². The summed E-state index contributed by atoms with van der Waals surface area (Å²) in [4.78, 5) is 5.14. The first-order valence-electron chi connectivity index (χ1n) is 7.14. The second kappa shape index (κ2) is 5.29. The Labute approximate surface area is 110 Å². The van der Waals surface area contributed by atoms with Gasteiger partial charge in [-0.05, 0) is 24.6 Å². The number of likely N-dealkylation sites (N-methyl/N-ethyl adjacent to an activating group) is 1. The van der Waals surface area contributed by atoms with Crippen LogP contribution in [0.1, 0.15) is 12.5 Å². The number of para-hydroxylation sites is 1. The van der Waals surface area contributed by atoms with Crippen LogP contribution >= 0.6 is 0 Å². The smallest absolute Gasteiger partial charge is 0.0429 e. The first-order valence-corrected chi connectivity index (χ1v) is 7.14. The lowest BCUT2D eigenvalue weighted by Crippen LogP contribution is -2.49. The fourth-order valence-corrected chi connectivity index (χ4v) is 3.09. The van der Waals surface area contributed by atoms with E-state index in [1.54, 1.807) is 0 Å². The van der Waals surface area contributed by atoms with Gasteiger partial charge >= 0.3 is 0 Å². The third-order valence-corrected chi connectivity index (χ3v) is 4.23. The maximum absolute atomic E-state index is 3.65. The van der Waals surface area contributed by atoms with Crippen LogP contribution in [0.3, 0.4) is 0 Å². The Hall–Kier alpha value is -1.06. The predicted molar refractivity (Wildman–Crippen MR) is 76.1 cm³/mol. The molecule has 1 N–H and O–H groups in total. The number of nitrogens with zero attached hydrogens (tertiary/aromatic N) is 2. The molecular weight excluding hydrogens is 222 g/mol. The number of anilines is 1. The van der Waals surface area contributed by atoms with Crippen molar-refractivity contribution in [3.63, 3.8) is 0 Å². The van der Waals surface area contributed by atoms with Crippen LogP contribution in [0.5, 0.6) is 0 Å². The lowest BCUT2D eigenvalue weighted by Gasteiger charge is -2.35. The van der Waals surface area contributed by atoms with E-state index in [9.17, 15) is 0 Å². The third kappa shape index (κ3) is 2.52. The molecule has 2 heterocycles. The van der Waals surface area contributed by atoms with Gasteiger partial charge in [-0.3, -0.25) is 4.90 Å². The Morgan fingerprint density at radius 2 is 1.83 bits per heavy atom. The molecule has 0 aliphatic carbocycles. The van der Waals surface area contributed by atoms with E-state index in [1.807, 2.05) is 0 Å². The van der Waals surface area contributed by atoms with Gasteiger partial charge in [0.25, 0.3) is 0 Å². The molecule has 3 rings (SSSR count). The number of hydrogen-bond donors (Lipinski definition) is 1. The lowest BCUT2D eigenvalue weighted by molar-refractivity contribution is 0.134. The van der Waals surface area contributed by atoms with Crippen molar-refractivity contribution in [2.24, 2.45) is 0 Å². The number of nitrogens with one attached hydrogen (secondary N) is 1. The Morgan fingerprint density at radius 3 is 2.56 bits per heavy atom. The molecule has 2 aliphatic heterocycles. The van der Waals surface area contributed by atoms with Crippen LogP contribution in [-0.2, 0) is 6.42 Å². The maximum Gasteiger partial charge on any atom is 0.0429 e. The quantitative estimate of drug-likeness (QED) is 0.874. The van der Waals surface area contributed by atoms with Crippen LogP contribution in [0.15, 0.2) is 24.3 Å². The number of benzene rings is 1. The average molecular weight is 245 g/mol. The van der Waals surface area contributed by atoms with Crippen molar-refractivity contribution in [3.05, 3.63) is 29.8 Å². The summed E-state index contributed by atoms with van der Waals surface area (Å²) < 4.78 is 0. The molecule has 0 aromatic heterocycles. The molecule has 0 spiro atoms. The standard InChI is InChI=1S/C15H23N3/c1-2-17-7-9-18(10-8-17)12-14-11-13-5-3-4-6-15(13)16-14/h3-6,14,16H,2,7-12H2,1H3. The molecule has 18 heavy (non-hydrogen) atoms. The van der Waals surface area contributed by atoms with Gasteiger partial charge in [0.05, 0.1) is 0 Å². The molecule has 0 saturated carbocycles. The minimum atomic E-state index is 0.607. The second-order valence-corrected chi connectivity index (χ2v) is 5.44. The Bertz CT molecular complexity index is 371. The van der Waals surface area contributed by atoms with Gasteiger partial charge in [-0.2, -0.15) is 0 Å². The van der Waals surface area contributed by atoms with Crippen molar-refractivity contribution in [2.75, 3.05) is 44.6 Å². The fraction of sp³-hybridized carbons (Fsp3) is 0.600. The van der Waals surface area contributed by atoms with Crippen molar-refractivity contribution in [1.29, 1.82) is 0 Å². The number of piperazine rings is 1. The summed E-state index contributed by atoms with van der Waals surface area (Å²) in [5.74, 6) is 0. The maximum atomic E-state index is 3.65. The van der Waals surface area contributed by atoms with Crippen molar-refractivity contribution in [1.82, 2.24) is 9.80 Å². The van der Waals surface area contributed by atoms with Crippen LogP contribution in [0.4, 0.5) is 5.69 Å². The third-order valence-electron chi connectivity index (χ3n) is 4.23. The van der Waals surface area contributed by atoms with E-state index >= 15 is 0 Å². The van der Waals surface area contributed by atoms with E-state index < -0.39 is 0 Å². The normalized spacial score (nSPS) is 24.8. The predicted octanol–water partition coefficient (Wildman–Crippen LogP) is 1.66. The molecule has 1 aromatic carbocycles. The van der Waals surface area contributed by atoms with Crippen LogP contribution < -0.4 is 5.32 Å². The van der Waals surface area contributed by atoms with Gasteiger partial charge < -0.3 is 10.2 Å². The summed E-state index contributed by atoms with van der Waals surface area (Å²) in [6.45, 7) is 9.55. The highest BCUT2D eigenvalue weighted by atomic mass is 15.3. The number of rotatable bonds is 3. The highest BCUT2D eigenvalue weighted by Crippen LogP contribution is 2.25. The van der Waals surface area contributed by atoms with E-state index in [0.29, 0.717) is 6.04 Å². The van der Waals surface area contributed by atoms with Gasteiger partial charge in [0, 0.05) is 44.5 Å². The van der Waals surface area contributed by atoms with Crippen LogP contribution in [0, 0.1) is 0 Å². The number of hydrogen-bond acceptors (Lipinski definition) is 3. The van der Waals surface area contributed by atoms with E-state index in [0.717, 1.165) is 0 Å². The molecule has 3 heteroatoms. The summed E-state index contributed by atoms with van der Waals surface area (Å²) >= 11 is 0. The van der Waals surface area contributed by atoms with Gasteiger partial charge in [-0.15, -0.1) is 0 Å². The minimum Gasteiger partial charge on any atom is -0.380 e. The SMILES string of the molecule is CCN1CCN(CC2Cc3ccccc3N2)CC1. The molecule has 1 fully saturated rings. The second-order valence-electron chi connectivity index (χ2n) is 5.44. The van der Waals surface area contributed by atoms with Crippen LogP contribution in [-0.4, -0.2) is 55.1 Å². The Kier molecular flexibility index (Phi) is 3.52. The molecule has 0 amide bonds. The van der Waals surface area contributed by atoms with Crippen molar-refractivity contribution >= 4 is 5.69 Å². The van der Waals surface area contributed by atoms with Crippen LogP contribution in [0.2, 0.25) is 0 Å². The first-order chi connectivity index (χ1) is 8.85. The summed E-state index contributed by atoms with van der Waals surface area (Å²) in [6, 6.07) is 9.31. The topological polar surface area (TPSA) is 18.5 Å². The zero-order chi connectivity index (χ0) is 12.4. The van der Waals surface area contributed by atoms with E-state index in [1.165, 1.54) is 56.9 Å². The monoisotopic (exact) mass is 245 g/mol. The Morgan fingerprint density at radius 1 is 1.11 bits per heavy atom. The van der Waals surface area contributed by atoms with Gasteiger partial charge in [-0.25, -0.2) is 0 Å². The van der Waals surface area contributed by atoms with Gasteiger partial charge in [0.2, 0.25) is 0 Å². The average Bonchev–Trinajstić information content (AvgIpc) is 2.82. The molecule has 1 saturated heterocycles. The molecular formula is C15H23N3. The van der Waals surface area contributed by atoms with Gasteiger partial charge in [0.1, 0.15) is 0 Å². The molecule has 2 aliphatic rings. The molecule has 1 atom stereocenters. The molecule has 0 bridgehead atoms. The number of fused-ring (bicyclic) bond motifs is 1. The molecule has 1 aromatic rings. The molecule has 0 radical (unpaired) electrons. The highest BCUT2D eigenvalue weighted by molar-refractivity contribution is 5.56. The van der Waals surface area contributed by atoms with E-state index in [-0.39, 0.29) is 0 Å². The molecule has 98 valence electrons. The largest absolute Gasteiger partial charge is 0.380 e. The summed E-state index contributed by atoms with van der Waals surface area (Å²) in [6.07, 6.45) is 1.18. The van der Waals surface area contributed by atoms with E-state index in [4.69, 9.17) is 0 Å².